The minimum atomic E-state index is -4.39. The van der Waals surface area contributed by atoms with E-state index in [-0.39, 0.29) is 24.8 Å². The smallest absolute Gasteiger partial charge is 0.416 e. The van der Waals surface area contributed by atoms with Crippen LogP contribution in [0.15, 0.2) is 48.7 Å². The number of rotatable bonds is 6. The van der Waals surface area contributed by atoms with E-state index in [2.05, 4.69) is 0 Å². The van der Waals surface area contributed by atoms with Crippen LogP contribution in [0.25, 0.3) is 0 Å². The summed E-state index contributed by atoms with van der Waals surface area (Å²) in [5.41, 5.74) is -0.752. The fourth-order valence-corrected chi connectivity index (χ4v) is 1.71. The van der Waals surface area contributed by atoms with E-state index in [0.717, 1.165) is 12.1 Å². The average molecular weight is 313 g/mol. The van der Waals surface area contributed by atoms with Crippen molar-refractivity contribution in [3.8, 4) is 11.6 Å². The van der Waals surface area contributed by atoms with E-state index < -0.39 is 11.7 Å². The molecular weight excluding hydrogens is 299 g/mol. The summed E-state index contributed by atoms with van der Waals surface area (Å²) in [6.45, 7) is 0.415. The summed E-state index contributed by atoms with van der Waals surface area (Å²) in [4.78, 5) is 0. The molecule has 0 saturated heterocycles. The molecule has 1 aromatic carbocycles. The van der Waals surface area contributed by atoms with Crippen molar-refractivity contribution in [2.45, 2.75) is 12.6 Å². The van der Waals surface area contributed by atoms with Gasteiger partial charge in [0, 0.05) is 12.5 Å². The lowest BCUT2D eigenvalue weighted by Gasteiger charge is -2.10. The van der Waals surface area contributed by atoms with Crippen LogP contribution in [0.2, 0.25) is 0 Å². The summed E-state index contributed by atoms with van der Waals surface area (Å²) in [6.07, 6.45) is -2.64. The lowest BCUT2D eigenvalue weighted by Crippen LogP contribution is -2.28. The Morgan fingerprint density at radius 2 is 1.77 bits per heavy atom. The van der Waals surface area contributed by atoms with Crippen LogP contribution in [0.4, 0.5) is 13.2 Å². The summed E-state index contributed by atoms with van der Waals surface area (Å²) in [7, 11) is 0. The van der Waals surface area contributed by atoms with Gasteiger partial charge in [0.15, 0.2) is 6.20 Å². The van der Waals surface area contributed by atoms with Crippen LogP contribution in [0.3, 0.4) is 0 Å². The molecule has 7 heteroatoms. The predicted octanol–water partition coefficient (Wildman–Crippen LogP) is 3.19. The maximum Gasteiger partial charge on any atom is 0.416 e. The number of ether oxygens (including phenoxy) is 2. The third-order valence-electron chi connectivity index (χ3n) is 2.76. The molecule has 1 heterocycles. The third-order valence-corrected chi connectivity index (χ3v) is 2.76. The van der Waals surface area contributed by atoms with Crippen LogP contribution >= 0.6 is 0 Å². The molecule has 0 atom stereocenters. The van der Waals surface area contributed by atoms with Gasteiger partial charge in [0.1, 0.15) is 5.75 Å². The van der Waals surface area contributed by atoms with Crippen molar-refractivity contribution in [1.82, 2.24) is 0 Å². The van der Waals surface area contributed by atoms with Gasteiger partial charge in [-0.15, -0.1) is 4.73 Å². The largest absolute Gasteiger partial charge is 0.616 e. The topological polar surface area (TPSA) is 45.4 Å². The third kappa shape index (κ3) is 4.54. The molecule has 0 aliphatic rings. The van der Waals surface area contributed by atoms with Crippen LogP contribution in [-0.4, -0.2) is 13.2 Å². The zero-order chi connectivity index (χ0) is 16.0. The highest BCUT2D eigenvalue weighted by Crippen LogP contribution is 2.31. The van der Waals surface area contributed by atoms with Gasteiger partial charge in [-0.05, 0) is 24.3 Å². The van der Waals surface area contributed by atoms with E-state index in [1.165, 1.54) is 24.4 Å². The Morgan fingerprint density at radius 3 is 2.50 bits per heavy atom. The Hall–Kier alpha value is -2.44. The molecular formula is C15H14F3NO3. The van der Waals surface area contributed by atoms with Gasteiger partial charge in [0.05, 0.1) is 24.8 Å². The van der Waals surface area contributed by atoms with Gasteiger partial charge in [0.2, 0.25) is 0 Å². The Morgan fingerprint density at radius 1 is 1.00 bits per heavy atom. The second kappa shape index (κ2) is 7.02. The van der Waals surface area contributed by atoms with Crippen LogP contribution in [0.5, 0.6) is 11.6 Å². The van der Waals surface area contributed by atoms with Crippen molar-refractivity contribution in [1.29, 1.82) is 0 Å². The van der Waals surface area contributed by atoms with Crippen LogP contribution < -0.4 is 14.2 Å². The van der Waals surface area contributed by atoms with Gasteiger partial charge in [-0.1, -0.05) is 6.07 Å². The highest BCUT2D eigenvalue weighted by Gasteiger charge is 2.30. The number of hydrogen-bond acceptors (Lipinski definition) is 3. The Labute approximate surface area is 125 Å². The van der Waals surface area contributed by atoms with Crippen LogP contribution in [0, 0.1) is 5.21 Å². The standard InChI is InChI=1S/C15H14F3NO3/c16-15(17,18)12-5-3-6-13(11-12)21-9-4-10-22-14-7-1-2-8-19(14)20/h1-3,5-8,11H,4,9-10H2. The molecule has 118 valence electrons. The quantitative estimate of drug-likeness (QED) is 0.467. The molecule has 0 aliphatic carbocycles. The SMILES string of the molecule is [O-][n+]1ccccc1OCCCOc1cccc(C(F)(F)F)c1. The summed E-state index contributed by atoms with van der Waals surface area (Å²) in [5, 5.41) is 11.3. The van der Waals surface area contributed by atoms with Gasteiger partial charge < -0.3 is 14.7 Å². The van der Waals surface area contributed by atoms with Gasteiger partial charge >= 0.3 is 12.1 Å². The van der Waals surface area contributed by atoms with Crippen molar-refractivity contribution >= 4 is 0 Å². The first-order chi connectivity index (χ1) is 10.5. The first-order valence-electron chi connectivity index (χ1n) is 6.58. The molecule has 0 amide bonds. The molecule has 2 aromatic rings. The number of alkyl halides is 3. The number of pyridine rings is 1. The fraction of sp³-hybridized carbons (Fsp3) is 0.267. The Bertz CT molecular complexity index is 617. The lowest BCUT2D eigenvalue weighted by atomic mass is 10.2. The van der Waals surface area contributed by atoms with Gasteiger partial charge in [-0.3, -0.25) is 0 Å². The fourth-order valence-electron chi connectivity index (χ4n) is 1.71. The molecule has 22 heavy (non-hydrogen) atoms. The minimum absolute atomic E-state index is 0.147. The van der Waals surface area contributed by atoms with Crippen LogP contribution in [-0.2, 0) is 6.18 Å². The molecule has 0 saturated carbocycles. The van der Waals surface area contributed by atoms with E-state index in [1.807, 2.05) is 0 Å². The number of halogens is 3. The molecule has 0 bridgehead atoms. The van der Waals surface area contributed by atoms with E-state index in [0.29, 0.717) is 11.2 Å². The van der Waals surface area contributed by atoms with E-state index >= 15 is 0 Å². The molecule has 0 aliphatic heterocycles. The minimum Gasteiger partial charge on any atom is -0.616 e. The first kappa shape index (κ1) is 15.9. The zero-order valence-corrected chi connectivity index (χ0v) is 11.5. The van der Waals surface area contributed by atoms with Crippen molar-refractivity contribution in [2.75, 3.05) is 13.2 Å². The van der Waals surface area contributed by atoms with Crippen molar-refractivity contribution in [3.05, 3.63) is 59.4 Å². The number of nitrogens with zero attached hydrogens (tertiary/aromatic N) is 1. The number of aromatic nitrogens is 1. The van der Waals surface area contributed by atoms with E-state index in [1.54, 1.807) is 12.1 Å². The second-order valence-electron chi connectivity index (χ2n) is 4.44. The summed E-state index contributed by atoms with van der Waals surface area (Å²) >= 11 is 0. The summed E-state index contributed by atoms with van der Waals surface area (Å²) in [6, 6.07) is 9.46. The first-order valence-corrected chi connectivity index (χ1v) is 6.58. The average Bonchev–Trinajstić information content (AvgIpc) is 2.48. The Balaban J connectivity index is 1.76. The highest BCUT2D eigenvalue weighted by molar-refractivity contribution is 5.30. The van der Waals surface area contributed by atoms with Gasteiger partial charge in [-0.2, -0.15) is 13.2 Å². The summed E-state index contributed by atoms with van der Waals surface area (Å²) in [5.74, 6) is 0.315. The zero-order valence-electron chi connectivity index (χ0n) is 11.5. The van der Waals surface area contributed by atoms with Crippen molar-refractivity contribution in [2.24, 2.45) is 0 Å². The molecule has 2 rings (SSSR count). The van der Waals surface area contributed by atoms with E-state index in [9.17, 15) is 18.4 Å². The number of benzene rings is 1. The maximum absolute atomic E-state index is 12.5. The molecule has 4 nitrogen and oxygen atoms in total. The highest BCUT2D eigenvalue weighted by atomic mass is 19.4. The summed E-state index contributed by atoms with van der Waals surface area (Å²) < 4.78 is 48.7. The molecule has 0 radical (unpaired) electrons. The molecule has 0 fully saturated rings. The maximum atomic E-state index is 12.5. The molecule has 0 unspecified atom stereocenters. The number of hydrogen-bond donors (Lipinski definition) is 0. The normalized spacial score (nSPS) is 11.2. The molecule has 0 N–H and O–H groups in total. The monoisotopic (exact) mass is 313 g/mol. The predicted molar refractivity (Wildman–Crippen MR) is 72.5 cm³/mol. The molecule has 1 aromatic heterocycles. The van der Waals surface area contributed by atoms with Crippen molar-refractivity contribution in [3.63, 3.8) is 0 Å². The molecule has 0 spiro atoms. The van der Waals surface area contributed by atoms with Crippen molar-refractivity contribution < 1.29 is 27.4 Å². The van der Waals surface area contributed by atoms with Crippen LogP contribution in [0.1, 0.15) is 12.0 Å². The van der Waals surface area contributed by atoms with Gasteiger partial charge in [-0.25, -0.2) is 0 Å². The second-order valence-corrected chi connectivity index (χ2v) is 4.44. The Kier molecular flexibility index (Phi) is 5.08. The van der Waals surface area contributed by atoms with E-state index in [4.69, 9.17) is 9.47 Å². The van der Waals surface area contributed by atoms with Gasteiger partial charge in [0.25, 0.3) is 0 Å². The lowest BCUT2D eigenvalue weighted by molar-refractivity contribution is -0.612.